The van der Waals surface area contributed by atoms with Crippen LogP contribution in [0.25, 0.3) is 0 Å². The van der Waals surface area contributed by atoms with Gasteiger partial charge in [0, 0.05) is 5.56 Å². The van der Waals surface area contributed by atoms with Gasteiger partial charge >= 0.3 is 12.0 Å². The minimum atomic E-state index is -0.866. The Labute approximate surface area is 159 Å². The van der Waals surface area contributed by atoms with Gasteiger partial charge in [0.05, 0.1) is 7.11 Å². The number of carbonyl (C=O) groups is 3. The van der Waals surface area contributed by atoms with Crippen LogP contribution in [0.3, 0.4) is 0 Å². The fraction of sp³-hybridized carbons (Fsp3) is 0.550. The van der Waals surface area contributed by atoms with Gasteiger partial charge in [0.2, 0.25) is 0 Å². The number of rotatable bonds is 5. The summed E-state index contributed by atoms with van der Waals surface area (Å²) in [6.07, 6.45) is 3.44. The highest BCUT2D eigenvalue weighted by molar-refractivity contribution is 6.08. The van der Waals surface area contributed by atoms with Crippen LogP contribution in [0.15, 0.2) is 18.2 Å². The van der Waals surface area contributed by atoms with Gasteiger partial charge in [0.1, 0.15) is 24.4 Å². The first-order valence-electron chi connectivity index (χ1n) is 9.30. The third-order valence-electron chi connectivity index (χ3n) is 5.61. The standard InChI is InChI=1S/C20H26N2O5/c1-13-7-8-16(26-3)15(10-13)12-27-17(23)11-22-18(24)20(21-19(22)25)9-5-4-6-14(20)2/h7-8,10,14H,4-6,9,11-12H2,1-3H3,(H,21,25)/t14-,20-/m0/s1. The molecular formula is C20H26N2O5. The SMILES string of the molecule is COc1ccc(C)cc1COC(=O)CN1C(=O)N[C@]2(CCCC[C@@H]2C)C1=O. The van der Waals surface area contributed by atoms with E-state index >= 15 is 0 Å². The van der Waals surface area contributed by atoms with Gasteiger partial charge in [-0.25, -0.2) is 4.79 Å². The summed E-state index contributed by atoms with van der Waals surface area (Å²) in [6.45, 7) is 3.55. The van der Waals surface area contributed by atoms with Crippen LogP contribution in [0.1, 0.15) is 43.7 Å². The third kappa shape index (κ3) is 3.63. The van der Waals surface area contributed by atoms with E-state index in [1.165, 1.54) is 0 Å². The van der Waals surface area contributed by atoms with Crippen molar-refractivity contribution in [1.82, 2.24) is 10.2 Å². The van der Waals surface area contributed by atoms with Gasteiger partial charge in [-0.2, -0.15) is 0 Å². The third-order valence-corrected chi connectivity index (χ3v) is 5.61. The number of benzene rings is 1. The van der Waals surface area contributed by atoms with Gasteiger partial charge < -0.3 is 14.8 Å². The summed E-state index contributed by atoms with van der Waals surface area (Å²) >= 11 is 0. The van der Waals surface area contributed by atoms with Crippen LogP contribution < -0.4 is 10.1 Å². The predicted octanol–water partition coefficient (Wildman–Crippen LogP) is 2.55. The highest BCUT2D eigenvalue weighted by Gasteiger charge is 2.55. The van der Waals surface area contributed by atoms with Crippen molar-refractivity contribution >= 4 is 17.9 Å². The van der Waals surface area contributed by atoms with Crippen molar-refractivity contribution < 1.29 is 23.9 Å². The molecular weight excluding hydrogens is 348 g/mol. The Hall–Kier alpha value is -2.57. The first-order valence-corrected chi connectivity index (χ1v) is 9.30. The number of urea groups is 1. The van der Waals surface area contributed by atoms with Gasteiger partial charge in [-0.05, 0) is 37.8 Å². The Morgan fingerprint density at radius 3 is 2.81 bits per heavy atom. The second-order valence-corrected chi connectivity index (χ2v) is 7.42. The Morgan fingerprint density at radius 1 is 1.33 bits per heavy atom. The number of amides is 3. The first kappa shape index (κ1) is 19.2. The van der Waals surface area contributed by atoms with Crippen molar-refractivity contribution in [2.45, 2.75) is 51.7 Å². The smallest absolute Gasteiger partial charge is 0.326 e. The number of imide groups is 1. The number of hydrogen-bond donors (Lipinski definition) is 1. The molecule has 1 aliphatic carbocycles. The summed E-state index contributed by atoms with van der Waals surface area (Å²) in [7, 11) is 1.55. The molecule has 2 aliphatic rings. The molecule has 1 saturated heterocycles. The van der Waals surface area contributed by atoms with E-state index in [1.807, 2.05) is 32.0 Å². The van der Waals surface area contributed by atoms with Crippen molar-refractivity contribution in [3.63, 3.8) is 0 Å². The molecule has 0 radical (unpaired) electrons. The summed E-state index contributed by atoms with van der Waals surface area (Å²) in [5.74, 6) is -0.258. The zero-order chi connectivity index (χ0) is 19.6. The van der Waals surface area contributed by atoms with Crippen molar-refractivity contribution in [2.24, 2.45) is 5.92 Å². The Balaban J connectivity index is 1.64. The lowest BCUT2D eigenvalue weighted by molar-refractivity contribution is -0.149. The van der Waals surface area contributed by atoms with E-state index in [-0.39, 0.29) is 25.0 Å². The largest absolute Gasteiger partial charge is 0.496 e. The fourth-order valence-corrected chi connectivity index (χ4v) is 3.99. The summed E-state index contributed by atoms with van der Waals surface area (Å²) in [6, 6.07) is 5.07. The Morgan fingerprint density at radius 2 is 2.11 bits per heavy atom. The number of aryl methyl sites for hydroxylation is 1. The maximum Gasteiger partial charge on any atom is 0.326 e. The number of nitrogens with zero attached hydrogens (tertiary/aromatic N) is 1. The van der Waals surface area contributed by atoms with Crippen LogP contribution in [-0.4, -0.2) is 42.0 Å². The van der Waals surface area contributed by atoms with Gasteiger partial charge in [-0.3, -0.25) is 14.5 Å². The number of methoxy groups -OCH3 is 1. The van der Waals surface area contributed by atoms with Crippen molar-refractivity contribution in [1.29, 1.82) is 0 Å². The number of ether oxygens (including phenoxy) is 2. The second kappa shape index (κ2) is 7.58. The van der Waals surface area contributed by atoms with E-state index in [4.69, 9.17) is 9.47 Å². The van der Waals surface area contributed by atoms with E-state index in [9.17, 15) is 14.4 Å². The van der Waals surface area contributed by atoms with Gasteiger partial charge in [-0.15, -0.1) is 0 Å². The summed E-state index contributed by atoms with van der Waals surface area (Å²) in [5, 5.41) is 2.83. The van der Waals surface area contributed by atoms with Crippen LogP contribution >= 0.6 is 0 Å². The quantitative estimate of drug-likeness (QED) is 0.632. The molecule has 0 aromatic heterocycles. The number of carbonyl (C=O) groups excluding carboxylic acids is 3. The molecule has 1 aromatic rings. The van der Waals surface area contributed by atoms with Crippen molar-refractivity contribution in [3.8, 4) is 5.75 Å². The lowest BCUT2D eigenvalue weighted by Gasteiger charge is -2.36. The average Bonchev–Trinajstić information content (AvgIpc) is 2.87. The lowest BCUT2D eigenvalue weighted by Crippen LogP contribution is -2.54. The Bertz CT molecular complexity index is 763. The molecule has 1 aromatic carbocycles. The highest BCUT2D eigenvalue weighted by Crippen LogP contribution is 2.38. The van der Waals surface area contributed by atoms with E-state index in [0.717, 1.165) is 35.3 Å². The Kier molecular flexibility index (Phi) is 5.39. The topological polar surface area (TPSA) is 84.9 Å². The van der Waals surface area contributed by atoms with Crippen LogP contribution in [0.4, 0.5) is 4.79 Å². The predicted molar refractivity (Wildman–Crippen MR) is 98.1 cm³/mol. The first-order chi connectivity index (χ1) is 12.9. The molecule has 27 heavy (non-hydrogen) atoms. The number of nitrogens with one attached hydrogen (secondary N) is 1. The van der Waals surface area contributed by atoms with E-state index in [2.05, 4.69) is 5.32 Å². The highest BCUT2D eigenvalue weighted by atomic mass is 16.5. The molecule has 0 bridgehead atoms. The zero-order valence-electron chi connectivity index (χ0n) is 16.0. The molecule has 146 valence electrons. The second-order valence-electron chi connectivity index (χ2n) is 7.42. The molecule has 1 N–H and O–H groups in total. The molecule has 1 aliphatic heterocycles. The maximum absolute atomic E-state index is 12.9. The van der Waals surface area contributed by atoms with E-state index < -0.39 is 17.5 Å². The molecule has 7 heteroatoms. The molecule has 3 rings (SSSR count). The molecule has 2 fully saturated rings. The van der Waals surface area contributed by atoms with Crippen LogP contribution in [0, 0.1) is 12.8 Å². The van der Waals surface area contributed by atoms with E-state index in [0.29, 0.717) is 12.2 Å². The summed E-state index contributed by atoms with van der Waals surface area (Å²) in [5.41, 5.74) is 0.889. The zero-order valence-corrected chi connectivity index (χ0v) is 16.0. The minimum absolute atomic E-state index is 0.0227. The molecule has 1 spiro atoms. The molecule has 1 saturated carbocycles. The van der Waals surface area contributed by atoms with Crippen LogP contribution in [0.5, 0.6) is 5.75 Å². The van der Waals surface area contributed by atoms with Gasteiger partial charge in [-0.1, -0.05) is 31.4 Å². The van der Waals surface area contributed by atoms with Gasteiger partial charge in [0.15, 0.2) is 0 Å². The van der Waals surface area contributed by atoms with Crippen molar-refractivity contribution in [2.75, 3.05) is 13.7 Å². The van der Waals surface area contributed by atoms with E-state index in [1.54, 1.807) is 7.11 Å². The van der Waals surface area contributed by atoms with Gasteiger partial charge in [0.25, 0.3) is 5.91 Å². The normalized spacial score (nSPS) is 24.9. The molecule has 2 atom stereocenters. The molecule has 0 unspecified atom stereocenters. The summed E-state index contributed by atoms with van der Waals surface area (Å²) in [4.78, 5) is 38.4. The summed E-state index contributed by atoms with van der Waals surface area (Å²) < 4.78 is 10.6. The number of hydrogen-bond acceptors (Lipinski definition) is 5. The van der Waals surface area contributed by atoms with Crippen molar-refractivity contribution in [3.05, 3.63) is 29.3 Å². The fourth-order valence-electron chi connectivity index (χ4n) is 3.99. The minimum Gasteiger partial charge on any atom is -0.496 e. The van der Waals surface area contributed by atoms with Crippen LogP contribution in [0.2, 0.25) is 0 Å². The molecule has 7 nitrogen and oxygen atoms in total. The average molecular weight is 374 g/mol. The lowest BCUT2D eigenvalue weighted by atomic mass is 9.73. The molecule has 3 amide bonds. The monoisotopic (exact) mass is 374 g/mol. The molecule has 1 heterocycles. The maximum atomic E-state index is 12.9. The van der Waals surface area contributed by atoms with Crippen LogP contribution in [-0.2, 0) is 20.9 Å². The number of esters is 1.